The van der Waals surface area contributed by atoms with Crippen LogP contribution in [0.4, 0.5) is 4.39 Å². The van der Waals surface area contributed by atoms with Gasteiger partial charge in [-0.05, 0) is 36.1 Å². The molecule has 8 nitrogen and oxygen atoms in total. The van der Waals surface area contributed by atoms with Gasteiger partial charge in [0.15, 0.2) is 11.5 Å². The van der Waals surface area contributed by atoms with Crippen molar-refractivity contribution in [3.8, 4) is 11.5 Å². The van der Waals surface area contributed by atoms with Crippen LogP contribution in [-0.2, 0) is 13.1 Å². The van der Waals surface area contributed by atoms with E-state index < -0.39 is 0 Å². The maximum atomic E-state index is 13.8. The van der Waals surface area contributed by atoms with Crippen molar-refractivity contribution in [2.75, 3.05) is 39.4 Å². The number of hydrogen-bond acceptors (Lipinski definition) is 7. The van der Waals surface area contributed by atoms with Crippen LogP contribution in [0.3, 0.4) is 0 Å². The van der Waals surface area contributed by atoms with Gasteiger partial charge >= 0.3 is 0 Å². The maximum absolute atomic E-state index is 13.8. The minimum absolute atomic E-state index is 0. The van der Waals surface area contributed by atoms with E-state index in [4.69, 9.17) is 9.47 Å². The number of hydrogen-bond donors (Lipinski definition) is 2. The van der Waals surface area contributed by atoms with Gasteiger partial charge in [-0.2, -0.15) is 0 Å². The lowest BCUT2D eigenvalue weighted by Crippen LogP contribution is -2.48. The number of aliphatic hydroxyl groups is 1. The molecule has 1 fully saturated rings. The molecule has 0 unspecified atom stereocenters. The second kappa shape index (κ2) is 12.7. The Balaban J connectivity index is 0.00000180. The molecule has 0 radical (unpaired) electrons. The van der Waals surface area contributed by atoms with Gasteiger partial charge in [-0.15, -0.1) is 24.8 Å². The number of nitrogens with one attached hydrogen (secondary N) is 1. The Bertz CT molecular complexity index is 1230. The molecule has 36 heavy (non-hydrogen) atoms. The van der Waals surface area contributed by atoms with E-state index in [2.05, 4.69) is 15.2 Å². The minimum atomic E-state index is -0.383. The van der Waals surface area contributed by atoms with Crippen molar-refractivity contribution in [3.63, 3.8) is 0 Å². The Labute approximate surface area is 221 Å². The second-order valence-corrected chi connectivity index (χ2v) is 8.89. The minimum Gasteiger partial charge on any atom is -0.486 e. The molecule has 0 amide bonds. The van der Waals surface area contributed by atoms with Gasteiger partial charge in [-0.25, -0.2) is 4.39 Å². The van der Waals surface area contributed by atoms with Crippen LogP contribution in [0.2, 0.25) is 0 Å². The number of piperidine rings is 1. The van der Waals surface area contributed by atoms with Gasteiger partial charge in [0, 0.05) is 57.3 Å². The number of likely N-dealkylation sites (tertiary alicyclic amines) is 1. The third-order valence-corrected chi connectivity index (χ3v) is 6.57. The SMILES string of the molecule is Cl.Cl.O=c1ccc2ccc(F)cc2n1CCN1CC[C@H](O)[C@H](CNCc2cc3c(cn2)OCCO3)C1. The first kappa shape index (κ1) is 28.1. The van der Waals surface area contributed by atoms with Crippen LogP contribution in [0.1, 0.15) is 12.1 Å². The number of nitrogens with zero attached hydrogens (tertiary/aromatic N) is 3. The van der Waals surface area contributed by atoms with E-state index in [1.807, 2.05) is 6.07 Å². The predicted molar refractivity (Wildman–Crippen MR) is 140 cm³/mol. The number of fused-ring (bicyclic) bond motifs is 2. The molecule has 2 aliphatic heterocycles. The summed E-state index contributed by atoms with van der Waals surface area (Å²) in [5.74, 6) is 1.09. The summed E-state index contributed by atoms with van der Waals surface area (Å²) in [7, 11) is 0. The molecule has 5 rings (SSSR count). The number of rotatable bonds is 7. The summed E-state index contributed by atoms with van der Waals surface area (Å²) in [6, 6.07) is 9.64. The van der Waals surface area contributed by atoms with Crippen LogP contribution in [0.5, 0.6) is 11.5 Å². The molecule has 196 valence electrons. The highest BCUT2D eigenvalue weighted by Gasteiger charge is 2.27. The standard InChI is InChI=1S/C25H29FN4O4.2ClH/c26-19-3-1-17-2-4-25(32)30(21(17)11-19)8-7-29-6-5-22(31)18(16-29)13-27-14-20-12-23-24(15-28-20)34-10-9-33-23;;/h1-4,11-12,15,18,22,27,31H,5-10,13-14,16H2;2*1H/t18-,22+;;/m1../s1. The van der Waals surface area contributed by atoms with E-state index in [1.54, 1.807) is 22.9 Å². The Morgan fingerprint density at radius 1 is 1.08 bits per heavy atom. The number of ether oxygens (including phenoxy) is 2. The number of pyridine rings is 2. The van der Waals surface area contributed by atoms with Gasteiger partial charge in [-0.1, -0.05) is 0 Å². The lowest BCUT2D eigenvalue weighted by atomic mass is 9.94. The molecule has 0 bridgehead atoms. The van der Waals surface area contributed by atoms with Crippen molar-refractivity contribution in [3.05, 3.63) is 64.5 Å². The summed E-state index contributed by atoms with van der Waals surface area (Å²) < 4.78 is 26.5. The summed E-state index contributed by atoms with van der Waals surface area (Å²) in [6.07, 6.45) is 1.98. The Morgan fingerprint density at radius 2 is 1.86 bits per heavy atom. The normalized spacial score (nSPS) is 19.4. The largest absolute Gasteiger partial charge is 0.486 e. The predicted octanol–water partition coefficient (Wildman–Crippen LogP) is 2.62. The van der Waals surface area contributed by atoms with Crippen molar-refractivity contribution in [1.82, 2.24) is 19.8 Å². The second-order valence-electron chi connectivity index (χ2n) is 8.89. The molecule has 1 aromatic carbocycles. The van der Waals surface area contributed by atoms with E-state index in [9.17, 15) is 14.3 Å². The summed E-state index contributed by atoms with van der Waals surface area (Å²) in [4.78, 5) is 19.1. The first-order valence-electron chi connectivity index (χ1n) is 11.7. The molecule has 0 saturated carbocycles. The average Bonchev–Trinajstić information content (AvgIpc) is 2.85. The van der Waals surface area contributed by atoms with Crippen LogP contribution >= 0.6 is 24.8 Å². The molecule has 11 heteroatoms. The van der Waals surface area contributed by atoms with Gasteiger partial charge in [0.25, 0.3) is 5.56 Å². The van der Waals surface area contributed by atoms with Crippen molar-refractivity contribution in [2.45, 2.75) is 25.6 Å². The lowest BCUT2D eigenvalue weighted by molar-refractivity contribution is 0.0257. The van der Waals surface area contributed by atoms with Crippen LogP contribution in [0.15, 0.2) is 47.4 Å². The molecule has 2 atom stereocenters. The summed E-state index contributed by atoms with van der Waals surface area (Å²) in [5.41, 5.74) is 1.32. The van der Waals surface area contributed by atoms with E-state index >= 15 is 0 Å². The highest BCUT2D eigenvalue weighted by Crippen LogP contribution is 2.29. The van der Waals surface area contributed by atoms with E-state index in [1.165, 1.54) is 18.2 Å². The molecule has 2 aromatic heterocycles. The van der Waals surface area contributed by atoms with Gasteiger partial charge in [0.1, 0.15) is 19.0 Å². The number of benzene rings is 1. The van der Waals surface area contributed by atoms with Crippen LogP contribution in [0, 0.1) is 11.7 Å². The molecule has 0 spiro atoms. The third-order valence-electron chi connectivity index (χ3n) is 6.57. The number of halogens is 3. The van der Waals surface area contributed by atoms with E-state index in [0.717, 1.165) is 24.2 Å². The van der Waals surface area contributed by atoms with E-state index in [-0.39, 0.29) is 48.2 Å². The molecule has 3 aromatic rings. The van der Waals surface area contributed by atoms with E-state index in [0.29, 0.717) is 62.8 Å². The molecular weight excluding hydrogens is 510 g/mol. The molecule has 2 N–H and O–H groups in total. The molecule has 2 aliphatic rings. The van der Waals surface area contributed by atoms with Crippen LogP contribution < -0.4 is 20.3 Å². The van der Waals surface area contributed by atoms with Crippen molar-refractivity contribution < 1.29 is 19.0 Å². The Morgan fingerprint density at radius 3 is 2.69 bits per heavy atom. The Hall–Kier alpha value is -2.43. The van der Waals surface area contributed by atoms with Crippen molar-refractivity contribution >= 4 is 35.7 Å². The average molecular weight is 541 g/mol. The quantitative estimate of drug-likeness (QED) is 0.476. The molecule has 1 saturated heterocycles. The summed E-state index contributed by atoms with van der Waals surface area (Å²) in [5, 5.41) is 14.8. The van der Waals surface area contributed by atoms with Gasteiger partial charge in [0.2, 0.25) is 0 Å². The molecular formula is C25H31Cl2FN4O4. The zero-order valence-electron chi connectivity index (χ0n) is 19.8. The monoisotopic (exact) mass is 540 g/mol. The van der Waals surface area contributed by atoms with Crippen molar-refractivity contribution in [2.24, 2.45) is 5.92 Å². The van der Waals surface area contributed by atoms with Gasteiger partial charge in [-0.3, -0.25) is 9.78 Å². The fourth-order valence-electron chi connectivity index (χ4n) is 4.70. The zero-order valence-corrected chi connectivity index (χ0v) is 21.4. The van der Waals surface area contributed by atoms with Crippen molar-refractivity contribution in [1.29, 1.82) is 0 Å². The third kappa shape index (κ3) is 6.46. The van der Waals surface area contributed by atoms with Gasteiger partial charge in [0.05, 0.1) is 23.5 Å². The topological polar surface area (TPSA) is 88.9 Å². The fourth-order valence-corrected chi connectivity index (χ4v) is 4.70. The lowest BCUT2D eigenvalue weighted by Gasteiger charge is -2.36. The number of aliphatic hydroxyl groups excluding tert-OH is 1. The molecule has 0 aliphatic carbocycles. The van der Waals surface area contributed by atoms with Crippen LogP contribution in [0.25, 0.3) is 10.9 Å². The van der Waals surface area contributed by atoms with Gasteiger partial charge < -0.3 is 29.4 Å². The highest BCUT2D eigenvalue weighted by atomic mass is 35.5. The summed E-state index contributed by atoms with van der Waals surface area (Å²) in [6.45, 7) is 4.89. The number of aromatic nitrogens is 2. The summed E-state index contributed by atoms with van der Waals surface area (Å²) >= 11 is 0. The smallest absolute Gasteiger partial charge is 0.251 e. The first-order valence-corrected chi connectivity index (χ1v) is 11.7. The fraction of sp³-hybridized carbons (Fsp3) is 0.440. The Kier molecular flexibility index (Phi) is 9.92. The maximum Gasteiger partial charge on any atom is 0.251 e. The first-order chi connectivity index (χ1) is 16.6. The highest BCUT2D eigenvalue weighted by molar-refractivity contribution is 5.85. The van der Waals surface area contributed by atoms with Crippen LogP contribution in [-0.4, -0.2) is 65.1 Å². The zero-order chi connectivity index (χ0) is 23.5. The molecule has 4 heterocycles.